The number of methoxy groups -OCH3 is 1. The van der Waals surface area contributed by atoms with Crippen molar-refractivity contribution in [3.8, 4) is 0 Å². The Bertz CT molecular complexity index is 637. The van der Waals surface area contributed by atoms with Gasteiger partial charge in [0.15, 0.2) is 0 Å². The molecule has 15 nitrogen and oxygen atoms in total. The first-order valence-electron chi connectivity index (χ1n) is 9.15. The lowest BCUT2D eigenvalue weighted by Gasteiger charge is -2.29. The Kier molecular flexibility index (Phi) is 13.2. The quantitative estimate of drug-likeness (QED) is 0.0747. The summed E-state index contributed by atoms with van der Waals surface area (Å²) in [7, 11) is 0.988. The lowest BCUT2D eigenvalue weighted by Crippen LogP contribution is -2.49. The van der Waals surface area contributed by atoms with Crippen molar-refractivity contribution in [2.24, 2.45) is 0 Å². The van der Waals surface area contributed by atoms with Crippen LogP contribution in [0.2, 0.25) is 0 Å². The fraction of sp³-hybridized carbons (Fsp3) is 0.765. The number of hydrogen-bond acceptors (Lipinski definition) is 14. The molecule has 0 aliphatic carbocycles. The molecular formula is C17H28O15. The average molecular weight is 472 g/mol. The molecule has 0 amide bonds. The minimum atomic E-state index is -2.30. The zero-order valence-corrected chi connectivity index (χ0v) is 16.9. The van der Waals surface area contributed by atoms with Crippen LogP contribution in [0.5, 0.6) is 0 Å². The molecule has 0 heterocycles. The molecule has 0 aromatic carbocycles. The summed E-state index contributed by atoms with van der Waals surface area (Å²) in [5.74, 6) is -6.86. The van der Waals surface area contributed by atoms with Crippen LogP contribution in [0.1, 0.15) is 12.8 Å². The Morgan fingerprint density at radius 1 is 0.719 bits per heavy atom. The molecule has 0 aliphatic heterocycles. The van der Waals surface area contributed by atoms with E-state index in [1.807, 2.05) is 0 Å². The normalized spacial score (nSPS) is 19.0. The standard InChI is InChI=1S/C17H28O15/c1-31-15(13(26)10(24)5-19)6(20)2-8(22)17(30)32-11(3-7(21)16(28)29)14(27)12(25)9(23)4-18/h6,9-15,18-20,23-27H,2-5H2,1H3,(H,28,29)/t6-,9-,10-,11-,12-,13-,14-,15-/m1/s1. The maximum absolute atomic E-state index is 12.1. The summed E-state index contributed by atoms with van der Waals surface area (Å²) in [6.07, 6.45) is -18.0. The molecule has 9 N–H and O–H groups in total. The summed E-state index contributed by atoms with van der Waals surface area (Å²) in [5.41, 5.74) is 0. The maximum Gasteiger partial charge on any atom is 0.375 e. The number of Topliss-reactive ketones (excluding diaryl/α,β-unsaturated/α-hetero) is 2. The minimum absolute atomic E-state index is 0.914. The molecule has 0 radical (unpaired) electrons. The highest BCUT2D eigenvalue weighted by molar-refractivity contribution is 6.34. The smallest absolute Gasteiger partial charge is 0.375 e. The van der Waals surface area contributed by atoms with Gasteiger partial charge in [0.25, 0.3) is 0 Å². The summed E-state index contributed by atoms with van der Waals surface area (Å²) in [6.45, 7) is -1.97. The Hall–Kier alpha value is -2.08. The van der Waals surface area contributed by atoms with Crippen molar-refractivity contribution in [2.75, 3.05) is 20.3 Å². The van der Waals surface area contributed by atoms with Gasteiger partial charge in [-0.05, 0) is 0 Å². The van der Waals surface area contributed by atoms with Gasteiger partial charge in [-0.3, -0.25) is 9.59 Å². The van der Waals surface area contributed by atoms with E-state index in [4.69, 9.17) is 20.1 Å². The van der Waals surface area contributed by atoms with Gasteiger partial charge in [-0.25, -0.2) is 9.59 Å². The molecule has 0 aromatic heterocycles. The summed E-state index contributed by atoms with van der Waals surface area (Å²) in [4.78, 5) is 46.3. The van der Waals surface area contributed by atoms with Gasteiger partial charge in [-0.15, -0.1) is 0 Å². The van der Waals surface area contributed by atoms with Crippen molar-refractivity contribution >= 4 is 23.5 Å². The molecule has 8 atom stereocenters. The number of carbonyl (C=O) groups excluding carboxylic acids is 3. The zero-order valence-electron chi connectivity index (χ0n) is 16.9. The molecule has 186 valence electrons. The maximum atomic E-state index is 12.1. The number of ether oxygens (including phenoxy) is 2. The topological polar surface area (TPSA) is 269 Å². The molecule has 0 saturated carbocycles. The second kappa shape index (κ2) is 14.1. The monoisotopic (exact) mass is 472 g/mol. The third kappa shape index (κ3) is 8.81. The molecule has 0 spiro atoms. The molecule has 0 saturated heterocycles. The van der Waals surface area contributed by atoms with Crippen molar-refractivity contribution in [2.45, 2.75) is 61.7 Å². The number of ketones is 2. The van der Waals surface area contributed by atoms with E-state index in [1.54, 1.807) is 0 Å². The Morgan fingerprint density at radius 3 is 1.66 bits per heavy atom. The molecule has 0 bridgehead atoms. The van der Waals surface area contributed by atoms with E-state index in [-0.39, 0.29) is 0 Å². The van der Waals surface area contributed by atoms with Gasteiger partial charge in [-0.1, -0.05) is 0 Å². The predicted octanol–water partition coefficient (Wildman–Crippen LogP) is -5.93. The van der Waals surface area contributed by atoms with Crippen molar-refractivity contribution in [3.05, 3.63) is 0 Å². The Labute approximate surface area is 181 Å². The van der Waals surface area contributed by atoms with Crippen molar-refractivity contribution < 1.29 is 74.6 Å². The number of aliphatic hydroxyl groups excluding tert-OH is 8. The first kappa shape index (κ1) is 29.9. The van der Waals surface area contributed by atoms with Crippen LogP contribution in [0.4, 0.5) is 0 Å². The van der Waals surface area contributed by atoms with Gasteiger partial charge in [0.2, 0.25) is 11.6 Å². The summed E-state index contributed by atoms with van der Waals surface area (Å²) < 4.78 is 9.31. The second-order valence-corrected chi connectivity index (χ2v) is 6.74. The van der Waals surface area contributed by atoms with E-state index in [2.05, 4.69) is 4.74 Å². The van der Waals surface area contributed by atoms with Crippen molar-refractivity contribution in [1.82, 2.24) is 0 Å². The van der Waals surface area contributed by atoms with Gasteiger partial charge in [0, 0.05) is 13.5 Å². The molecule has 0 rings (SSSR count). The molecule has 32 heavy (non-hydrogen) atoms. The second-order valence-electron chi connectivity index (χ2n) is 6.74. The molecule has 15 heteroatoms. The fourth-order valence-corrected chi connectivity index (χ4v) is 2.50. The van der Waals surface area contributed by atoms with Gasteiger partial charge in [0.1, 0.15) is 42.7 Å². The summed E-state index contributed by atoms with van der Waals surface area (Å²) in [5, 5.41) is 84.6. The molecule has 0 fully saturated rings. The van der Waals surface area contributed by atoms with Gasteiger partial charge in [0.05, 0.1) is 25.7 Å². The zero-order chi connectivity index (χ0) is 25.2. The number of carboxylic acid groups (broad SMARTS) is 1. The Morgan fingerprint density at radius 2 is 1.22 bits per heavy atom. The summed E-state index contributed by atoms with van der Waals surface area (Å²) >= 11 is 0. The van der Waals surface area contributed by atoms with Crippen molar-refractivity contribution in [3.63, 3.8) is 0 Å². The number of rotatable bonds is 16. The van der Waals surface area contributed by atoms with E-state index >= 15 is 0 Å². The number of esters is 1. The van der Waals surface area contributed by atoms with Crippen LogP contribution in [-0.4, -0.2) is 139 Å². The van der Waals surface area contributed by atoms with E-state index in [9.17, 15) is 49.8 Å². The van der Waals surface area contributed by atoms with Gasteiger partial charge in [-0.2, -0.15) is 0 Å². The van der Waals surface area contributed by atoms with Crippen LogP contribution in [0.15, 0.2) is 0 Å². The van der Waals surface area contributed by atoms with Crippen LogP contribution in [0.3, 0.4) is 0 Å². The first-order valence-corrected chi connectivity index (χ1v) is 9.15. The highest BCUT2D eigenvalue weighted by Gasteiger charge is 2.39. The number of carboxylic acids is 1. The highest BCUT2D eigenvalue weighted by Crippen LogP contribution is 2.16. The van der Waals surface area contributed by atoms with Gasteiger partial charge < -0.3 is 55.4 Å². The van der Waals surface area contributed by atoms with Gasteiger partial charge >= 0.3 is 11.9 Å². The van der Waals surface area contributed by atoms with E-state index in [0.717, 1.165) is 7.11 Å². The third-order valence-electron chi connectivity index (χ3n) is 4.39. The van der Waals surface area contributed by atoms with Crippen LogP contribution >= 0.6 is 0 Å². The highest BCUT2D eigenvalue weighted by atomic mass is 16.6. The van der Waals surface area contributed by atoms with E-state index in [1.165, 1.54) is 0 Å². The Balaban J connectivity index is 5.38. The molecule has 0 aliphatic rings. The number of hydrogen-bond donors (Lipinski definition) is 9. The number of aliphatic hydroxyl groups is 8. The fourth-order valence-electron chi connectivity index (χ4n) is 2.50. The van der Waals surface area contributed by atoms with Crippen LogP contribution in [-0.2, 0) is 28.7 Å². The SMILES string of the molecule is CO[C@@H]([C@H](O)[C@H](O)CO)[C@H](O)CC(=O)C(=O)O[C@H](CC(=O)C(=O)O)[C@@H](O)[C@H](O)[C@H](O)CO. The third-order valence-corrected chi connectivity index (χ3v) is 4.39. The lowest BCUT2D eigenvalue weighted by molar-refractivity contribution is -0.175. The van der Waals surface area contributed by atoms with Crippen LogP contribution < -0.4 is 0 Å². The summed E-state index contributed by atoms with van der Waals surface area (Å²) in [6, 6.07) is 0. The first-order chi connectivity index (χ1) is 14.8. The minimum Gasteiger partial charge on any atom is -0.475 e. The van der Waals surface area contributed by atoms with E-state index in [0.29, 0.717) is 0 Å². The number of carbonyl (C=O) groups is 4. The van der Waals surface area contributed by atoms with Crippen LogP contribution in [0, 0.1) is 0 Å². The molecule has 0 aromatic rings. The number of aliphatic carboxylic acids is 1. The van der Waals surface area contributed by atoms with Crippen molar-refractivity contribution in [1.29, 1.82) is 0 Å². The van der Waals surface area contributed by atoms with E-state index < -0.39 is 98.4 Å². The lowest BCUT2D eigenvalue weighted by atomic mass is 9.98. The average Bonchev–Trinajstić information content (AvgIpc) is 2.76. The molecule has 0 unspecified atom stereocenters. The largest absolute Gasteiger partial charge is 0.475 e. The van der Waals surface area contributed by atoms with Crippen LogP contribution in [0.25, 0.3) is 0 Å². The predicted molar refractivity (Wildman–Crippen MR) is 97.8 cm³/mol. The molecular weight excluding hydrogens is 444 g/mol.